The van der Waals surface area contributed by atoms with Gasteiger partial charge in [-0.15, -0.1) is 0 Å². The van der Waals surface area contributed by atoms with Gasteiger partial charge >= 0.3 is 11.9 Å². The molecule has 0 aliphatic rings. The summed E-state index contributed by atoms with van der Waals surface area (Å²) >= 11 is 1.27. The van der Waals surface area contributed by atoms with Gasteiger partial charge in [0.15, 0.2) is 0 Å². The van der Waals surface area contributed by atoms with E-state index in [0.29, 0.717) is 10.6 Å². The number of ether oxygens (including phenoxy) is 2. The second-order valence-corrected chi connectivity index (χ2v) is 5.72. The molecule has 124 valence electrons. The molecule has 6 heteroatoms. The topological polar surface area (TPSA) is 55.8 Å². The molecule has 0 aliphatic carbocycles. The highest BCUT2D eigenvalue weighted by atomic mass is 32.2. The first-order chi connectivity index (χ1) is 11.0. The first-order valence-corrected chi connectivity index (χ1v) is 7.88. The van der Waals surface area contributed by atoms with E-state index in [1.807, 2.05) is 30.3 Å². The van der Waals surface area contributed by atoms with Gasteiger partial charge in [0.05, 0.1) is 18.6 Å². The highest BCUT2D eigenvalue weighted by molar-refractivity contribution is 8.04. The Bertz CT molecular complexity index is 594. The molecule has 0 aromatic heterocycles. The summed E-state index contributed by atoms with van der Waals surface area (Å²) in [4.78, 5) is 26.7. The van der Waals surface area contributed by atoms with Crippen molar-refractivity contribution in [3.05, 3.63) is 53.1 Å². The molecule has 0 heterocycles. The first-order valence-electron chi connectivity index (χ1n) is 7.07. The third kappa shape index (κ3) is 6.20. The molecule has 0 spiro atoms. The number of carbonyl (C=O) groups is 2. The number of nitrogens with zero attached hydrogens (tertiary/aromatic N) is 1. The predicted octanol–water partition coefficient (Wildman–Crippen LogP) is 2.84. The number of carbonyl (C=O) groups excluding carboxylic acids is 2. The van der Waals surface area contributed by atoms with Gasteiger partial charge in [0.2, 0.25) is 0 Å². The Balaban J connectivity index is 3.09. The molecular weight excluding hydrogens is 314 g/mol. The van der Waals surface area contributed by atoms with Gasteiger partial charge < -0.3 is 14.4 Å². The smallest absolute Gasteiger partial charge is 0.354 e. The van der Waals surface area contributed by atoms with Crippen molar-refractivity contribution in [1.82, 2.24) is 4.90 Å². The van der Waals surface area contributed by atoms with Crippen LogP contribution in [-0.4, -0.2) is 44.7 Å². The van der Waals surface area contributed by atoms with Crippen LogP contribution in [0, 0.1) is 0 Å². The summed E-state index contributed by atoms with van der Waals surface area (Å²) < 4.78 is 9.80. The molecule has 1 rings (SSSR count). The molecule has 5 nitrogen and oxygen atoms in total. The first kappa shape index (κ1) is 18.8. The van der Waals surface area contributed by atoms with Gasteiger partial charge in [0, 0.05) is 19.0 Å². The van der Waals surface area contributed by atoms with Crippen molar-refractivity contribution in [2.24, 2.45) is 0 Å². The average Bonchev–Trinajstić information content (AvgIpc) is 2.54. The van der Waals surface area contributed by atoms with E-state index in [0.717, 1.165) is 4.90 Å². The summed E-state index contributed by atoms with van der Waals surface area (Å²) in [5, 5.41) is 0. The Morgan fingerprint density at radius 2 is 1.78 bits per heavy atom. The van der Waals surface area contributed by atoms with Crippen LogP contribution in [0.25, 0.3) is 0 Å². The number of benzene rings is 1. The number of hydrogen-bond acceptors (Lipinski definition) is 6. The number of rotatable bonds is 7. The van der Waals surface area contributed by atoms with Crippen LogP contribution in [0.3, 0.4) is 0 Å². The zero-order valence-electron chi connectivity index (χ0n) is 13.7. The number of allylic oxidation sites excluding steroid dienone is 2. The lowest BCUT2D eigenvalue weighted by Crippen LogP contribution is -2.21. The molecule has 23 heavy (non-hydrogen) atoms. The minimum absolute atomic E-state index is 0.288. The monoisotopic (exact) mass is 335 g/mol. The second kappa shape index (κ2) is 9.74. The molecule has 0 saturated heterocycles. The van der Waals surface area contributed by atoms with Crippen molar-refractivity contribution < 1.29 is 19.1 Å². The normalized spacial score (nSPS) is 11.8. The third-order valence-corrected chi connectivity index (χ3v) is 3.75. The molecule has 0 atom stereocenters. The number of likely N-dealkylation sites (N-methyl/N-ethyl adjacent to an activating group) is 1. The van der Waals surface area contributed by atoms with Crippen LogP contribution in [0.4, 0.5) is 0 Å². The molecule has 1 aromatic carbocycles. The van der Waals surface area contributed by atoms with E-state index in [9.17, 15) is 9.59 Å². The van der Waals surface area contributed by atoms with E-state index in [4.69, 9.17) is 9.47 Å². The van der Waals surface area contributed by atoms with Crippen LogP contribution in [0.1, 0.15) is 6.92 Å². The molecule has 1 aromatic rings. The number of hydrogen-bond donors (Lipinski definition) is 0. The fraction of sp³-hybridized carbons (Fsp3) is 0.294. The van der Waals surface area contributed by atoms with E-state index in [-0.39, 0.29) is 6.61 Å². The van der Waals surface area contributed by atoms with E-state index < -0.39 is 11.9 Å². The number of methoxy groups -OCH3 is 1. The number of thioether (sulfide) groups is 1. The van der Waals surface area contributed by atoms with Gasteiger partial charge in [-0.3, -0.25) is 0 Å². The molecule has 0 N–H and O–H groups in total. The van der Waals surface area contributed by atoms with E-state index in [2.05, 4.69) is 0 Å². The fourth-order valence-corrected chi connectivity index (χ4v) is 2.47. The van der Waals surface area contributed by atoms with Gasteiger partial charge in [-0.05, 0) is 31.2 Å². The SMILES string of the molecule is CCOC(=O)C(=CC=C(Sc1ccccc1)C(=O)OC)N(C)C. The van der Waals surface area contributed by atoms with Crippen LogP contribution in [-0.2, 0) is 19.1 Å². The standard InChI is InChI=1S/C17H21NO4S/c1-5-22-16(19)14(18(2)3)11-12-15(17(20)21-4)23-13-9-7-6-8-10-13/h6-12H,5H2,1-4H3. The van der Waals surface area contributed by atoms with Crippen molar-refractivity contribution in [3.8, 4) is 0 Å². The van der Waals surface area contributed by atoms with E-state index in [1.54, 1.807) is 38.1 Å². The van der Waals surface area contributed by atoms with E-state index in [1.165, 1.54) is 18.9 Å². The van der Waals surface area contributed by atoms with Gasteiger partial charge in [0.1, 0.15) is 5.70 Å². The summed E-state index contributed by atoms with van der Waals surface area (Å²) in [6.45, 7) is 2.03. The number of esters is 2. The highest BCUT2D eigenvalue weighted by Gasteiger charge is 2.14. The molecular formula is C17H21NO4S. The van der Waals surface area contributed by atoms with E-state index >= 15 is 0 Å². The average molecular weight is 335 g/mol. The lowest BCUT2D eigenvalue weighted by Gasteiger charge is -2.15. The lowest BCUT2D eigenvalue weighted by atomic mass is 10.3. The summed E-state index contributed by atoms with van der Waals surface area (Å²) in [5.41, 5.74) is 0.349. The fourth-order valence-electron chi connectivity index (χ4n) is 1.62. The summed E-state index contributed by atoms with van der Waals surface area (Å²) in [5.74, 6) is -0.903. The summed E-state index contributed by atoms with van der Waals surface area (Å²) in [7, 11) is 4.79. The van der Waals surface area contributed by atoms with Crippen LogP contribution in [0.2, 0.25) is 0 Å². The summed E-state index contributed by atoms with van der Waals surface area (Å²) in [6.07, 6.45) is 3.12. The Morgan fingerprint density at radius 1 is 1.13 bits per heavy atom. The maximum absolute atomic E-state index is 11.9. The Labute approximate surface area is 140 Å². The molecule has 0 amide bonds. The Morgan fingerprint density at radius 3 is 2.30 bits per heavy atom. The van der Waals surface area contributed by atoms with Crippen molar-refractivity contribution in [2.75, 3.05) is 27.8 Å². The van der Waals surface area contributed by atoms with Crippen LogP contribution < -0.4 is 0 Å². The second-order valence-electron chi connectivity index (χ2n) is 4.60. The van der Waals surface area contributed by atoms with Crippen LogP contribution in [0.15, 0.2) is 58.0 Å². The quantitative estimate of drug-likeness (QED) is 0.330. The minimum Gasteiger partial charge on any atom is -0.465 e. The van der Waals surface area contributed by atoms with Crippen LogP contribution in [0.5, 0.6) is 0 Å². The minimum atomic E-state index is -0.461. The maximum Gasteiger partial charge on any atom is 0.354 e. The third-order valence-electron chi connectivity index (χ3n) is 2.72. The van der Waals surface area contributed by atoms with Crippen LogP contribution >= 0.6 is 11.8 Å². The van der Waals surface area contributed by atoms with Gasteiger partial charge in [0.25, 0.3) is 0 Å². The lowest BCUT2D eigenvalue weighted by molar-refractivity contribution is -0.140. The maximum atomic E-state index is 11.9. The van der Waals surface area contributed by atoms with Gasteiger partial charge in [-0.2, -0.15) is 0 Å². The zero-order chi connectivity index (χ0) is 17.2. The molecule has 0 bridgehead atoms. The molecule has 0 aliphatic heterocycles. The Hall–Kier alpha value is -2.21. The van der Waals surface area contributed by atoms with Crippen molar-refractivity contribution in [3.63, 3.8) is 0 Å². The van der Waals surface area contributed by atoms with Crippen molar-refractivity contribution >= 4 is 23.7 Å². The zero-order valence-corrected chi connectivity index (χ0v) is 14.6. The van der Waals surface area contributed by atoms with Crippen molar-refractivity contribution in [2.45, 2.75) is 11.8 Å². The summed E-state index contributed by atoms with van der Waals surface area (Å²) in [6, 6.07) is 9.46. The largest absolute Gasteiger partial charge is 0.465 e. The predicted molar refractivity (Wildman–Crippen MR) is 90.8 cm³/mol. The molecule has 0 saturated carbocycles. The molecule has 0 fully saturated rings. The Kier molecular flexibility index (Phi) is 7.97. The molecule has 0 unspecified atom stereocenters. The highest BCUT2D eigenvalue weighted by Crippen LogP contribution is 2.27. The van der Waals surface area contributed by atoms with Crippen molar-refractivity contribution in [1.29, 1.82) is 0 Å². The molecule has 0 radical (unpaired) electrons. The van der Waals surface area contributed by atoms with Gasteiger partial charge in [-0.1, -0.05) is 30.0 Å². The van der Waals surface area contributed by atoms with Gasteiger partial charge in [-0.25, -0.2) is 9.59 Å².